The standard InChI is InChI=1S/C12H21N3O/c1-8(2)5-11(7-16)15-12-6-9(3)13-10(4)14-12/h6,8,11,16H,5,7H2,1-4H3,(H,13,14,15). The molecule has 0 radical (unpaired) electrons. The SMILES string of the molecule is Cc1cc(NC(CO)CC(C)C)nc(C)n1. The molecule has 1 heterocycles. The number of aromatic nitrogens is 2. The molecule has 1 aromatic heterocycles. The van der Waals surface area contributed by atoms with Crippen molar-refractivity contribution in [2.45, 2.75) is 40.2 Å². The number of rotatable bonds is 5. The Morgan fingerprint density at radius 2 is 2.00 bits per heavy atom. The lowest BCUT2D eigenvalue weighted by Crippen LogP contribution is -2.26. The van der Waals surface area contributed by atoms with Crippen LogP contribution in [0.1, 0.15) is 31.8 Å². The highest BCUT2D eigenvalue weighted by atomic mass is 16.3. The van der Waals surface area contributed by atoms with Crippen LogP contribution in [0.15, 0.2) is 6.07 Å². The Labute approximate surface area is 97.1 Å². The first-order chi connectivity index (χ1) is 7.51. The zero-order chi connectivity index (χ0) is 12.1. The maximum atomic E-state index is 9.27. The number of hydrogen-bond acceptors (Lipinski definition) is 4. The fraction of sp³-hybridized carbons (Fsp3) is 0.667. The van der Waals surface area contributed by atoms with Gasteiger partial charge in [-0.15, -0.1) is 0 Å². The monoisotopic (exact) mass is 223 g/mol. The van der Waals surface area contributed by atoms with Crippen molar-refractivity contribution in [3.05, 3.63) is 17.6 Å². The Balaban J connectivity index is 2.69. The van der Waals surface area contributed by atoms with Crippen LogP contribution in [0.2, 0.25) is 0 Å². The van der Waals surface area contributed by atoms with Crippen LogP contribution in [0.5, 0.6) is 0 Å². The maximum absolute atomic E-state index is 9.27. The van der Waals surface area contributed by atoms with Crippen LogP contribution in [-0.2, 0) is 0 Å². The van der Waals surface area contributed by atoms with Gasteiger partial charge < -0.3 is 10.4 Å². The molecular weight excluding hydrogens is 202 g/mol. The molecule has 4 nitrogen and oxygen atoms in total. The normalized spacial score (nSPS) is 12.9. The van der Waals surface area contributed by atoms with Gasteiger partial charge in [0.1, 0.15) is 11.6 Å². The molecule has 90 valence electrons. The Hall–Kier alpha value is -1.16. The van der Waals surface area contributed by atoms with Crippen molar-refractivity contribution < 1.29 is 5.11 Å². The molecule has 0 aliphatic carbocycles. The Bertz CT molecular complexity index is 319. The summed E-state index contributed by atoms with van der Waals surface area (Å²) in [7, 11) is 0. The minimum absolute atomic E-state index is 0.0636. The van der Waals surface area contributed by atoms with Gasteiger partial charge in [-0.3, -0.25) is 0 Å². The highest BCUT2D eigenvalue weighted by molar-refractivity contribution is 5.36. The molecule has 2 N–H and O–H groups in total. The first-order valence-electron chi connectivity index (χ1n) is 5.71. The van der Waals surface area contributed by atoms with E-state index >= 15 is 0 Å². The maximum Gasteiger partial charge on any atom is 0.130 e. The second-order valence-corrected chi connectivity index (χ2v) is 4.60. The Morgan fingerprint density at radius 3 is 2.50 bits per heavy atom. The van der Waals surface area contributed by atoms with E-state index in [-0.39, 0.29) is 12.6 Å². The van der Waals surface area contributed by atoms with E-state index in [9.17, 15) is 5.11 Å². The lowest BCUT2D eigenvalue weighted by molar-refractivity contribution is 0.259. The van der Waals surface area contributed by atoms with Crippen molar-refractivity contribution >= 4 is 5.82 Å². The molecule has 0 aliphatic rings. The van der Waals surface area contributed by atoms with Crippen molar-refractivity contribution in [2.24, 2.45) is 5.92 Å². The Morgan fingerprint density at radius 1 is 1.31 bits per heavy atom. The predicted octanol–water partition coefficient (Wildman–Crippen LogP) is 1.91. The molecule has 0 saturated heterocycles. The van der Waals surface area contributed by atoms with Gasteiger partial charge in [-0.2, -0.15) is 0 Å². The van der Waals surface area contributed by atoms with Crippen molar-refractivity contribution in [1.29, 1.82) is 0 Å². The quantitative estimate of drug-likeness (QED) is 0.800. The largest absolute Gasteiger partial charge is 0.394 e. The summed E-state index contributed by atoms with van der Waals surface area (Å²) < 4.78 is 0. The molecule has 0 aromatic carbocycles. The summed E-state index contributed by atoms with van der Waals surface area (Å²) in [6.45, 7) is 8.22. The molecular formula is C12H21N3O. The summed E-state index contributed by atoms with van der Waals surface area (Å²) in [5.74, 6) is 2.10. The van der Waals surface area contributed by atoms with Crippen LogP contribution in [0.3, 0.4) is 0 Å². The van der Waals surface area contributed by atoms with Gasteiger partial charge in [0.15, 0.2) is 0 Å². The summed E-state index contributed by atoms with van der Waals surface area (Å²) in [6.07, 6.45) is 0.929. The Kier molecular flexibility index (Phi) is 4.68. The van der Waals surface area contributed by atoms with Gasteiger partial charge in [0.25, 0.3) is 0 Å². The fourth-order valence-corrected chi connectivity index (χ4v) is 1.75. The summed E-state index contributed by atoms with van der Waals surface area (Å²) in [6, 6.07) is 1.96. The van der Waals surface area contributed by atoms with Crippen LogP contribution < -0.4 is 5.32 Å². The van der Waals surface area contributed by atoms with E-state index in [0.717, 1.165) is 23.8 Å². The lowest BCUT2D eigenvalue weighted by Gasteiger charge is -2.19. The first kappa shape index (κ1) is 12.9. The van der Waals surface area contributed by atoms with Crippen molar-refractivity contribution in [3.8, 4) is 0 Å². The number of nitrogens with zero attached hydrogens (tertiary/aromatic N) is 2. The topological polar surface area (TPSA) is 58.0 Å². The molecule has 1 unspecified atom stereocenters. The first-order valence-corrected chi connectivity index (χ1v) is 5.71. The second-order valence-electron chi connectivity index (χ2n) is 4.60. The van der Waals surface area contributed by atoms with E-state index in [4.69, 9.17) is 0 Å². The summed E-state index contributed by atoms with van der Waals surface area (Å²) in [4.78, 5) is 8.51. The van der Waals surface area contributed by atoms with E-state index < -0.39 is 0 Å². The highest BCUT2D eigenvalue weighted by Gasteiger charge is 2.10. The number of anilines is 1. The molecule has 1 rings (SSSR count). The highest BCUT2D eigenvalue weighted by Crippen LogP contribution is 2.12. The minimum Gasteiger partial charge on any atom is -0.394 e. The third-order valence-electron chi connectivity index (χ3n) is 2.29. The average molecular weight is 223 g/mol. The van der Waals surface area contributed by atoms with Crippen LogP contribution in [0, 0.1) is 19.8 Å². The van der Waals surface area contributed by atoms with Gasteiger partial charge >= 0.3 is 0 Å². The molecule has 4 heteroatoms. The molecule has 0 spiro atoms. The summed E-state index contributed by atoms with van der Waals surface area (Å²) in [5.41, 5.74) is 0.941. The van der Waals surface area contributed by atoms with E-state index in [2.05, 4.69) is 29.1 Å². The van der Waals surface area contributed by atoms with Crippen LogP contribution >= 0.6 is 0 Å². The summed E-state index contributed by atoms with van der Waals surface area (Å²) in [5, 5.41) is 12.5. The van der Waals surface area contributed by atoms with Gasteiger partial charge in [-0.1, -0.05) is 13.8 Å². The van der Waals surface area contributed by atoms with E-state index in [1.165, 1.54) is 0 Å². The minimum atomic E-state index is 0.0636. The zero-order valence-corrected chi connectivity index (χ0v) is 10.5. The van der Waals surface area contributed by atoms with Gasteiger partial charge in [0.05, 0.1) is 12.6 Å². The lowest BCUT2D eigenvalue weighted by atomic mass is 10.0. The molecule has 0 fully saturated rings. The smallest absolute Gasteiger partial charge is 0.130 e. The van der Waals surface area contributed by atoms with Crippen LogP contribution in [-0.4, -0.2) is 27.7 Å². The molecule has 0 saturated carbocycles. The zero-order valence-electron chi connectivity index (χ0n) is 10.5. The fourth-order valence-electron chi connectivity index (χ4n) is 1.75. The second kappa shape index (κ2) is 5.80. The van der Waals surface area contributed by atoms with E-state index in [0.29, 0.717) is 5.92 Å². The van der Waals surface area contributed by atoms with Gasteiger partial charge in [0.2, 0.25) is 0 Å². The third-order valence-corrected chi connectivity index (χ3v) is 2.29. The number of aliphatic hydroxyl groups is 1. The van der Waals surface area contributed by atoms with E-state index in [1.807, 2.05) is 19.9 Å². The van der Waals surface area contributed by atoms with Crippen LogP contribution in [0.25, 0.3) is 0 Å². The molecule has 1 atom stereocenters. The van der Waals surface area contributed by atoms with E-state index in [1.54, 1.807) is 0 Å². The molecule has 0 amide bonds. The number of nitrogens with one attached hydrogen (secondary N) is 1. The van der Waals surface area contributed by atoms with Crippen LogP contribution in [0.4, 0.5) is 5.82 Å². The summed E-state index contributed by atoms with van der Waals surface area (Å²) >= 11 is 0. The van der Waals surface area contributed by atoms with Gasteiger partial charge in [0, 0.05) is 11.8 Å². The van der Waals surface area contributed by atoms with Crippen molar-refractivity contribution in [2.75, 3.05) is 11.9 Å². The predicted molar refractivity (Wildman–Crippen MR) is 65.5 cm³/mol. The number of aryl methyl sites for hydroxylation is 2. The van der Waals surface area contributed by atoms with Gasteiger partial charge in [-0.05, 0) is 26.2 Å². The van der Waals surface area contributed by atoms with Crippen molar-refractivity contribution in [3.63, 3.8) is 0 Å². The van der Waals surface area contributed by atoms with Gasteiger partial charge in [-0.25, -0.2) is 9.97 Å². The molecule has 1 aromatic rings. The molecule has 16 heavy (non-hydrogen) atoms. The number of aliphatic hydroxyl groups excluding tert-OH is 1. The molecule has 0 aliphatic heterocycles. The average Bonchev–Trinajstić information content (AvgIpc) is 2.14. The van der Waals surface area contributed by atoms with Crippen molar-refractivity contribution in [1.82, 2.24) is 9.97 Å². The number of hydrogen-bond donors (Lipinski definition) is 2. The molecule has 0 bridgehead atoms. The third kappa shape index (κ3) is 4.14.